The Labute approximate surface area is 226 Å². The fraction of sp³-hybridized carbons (Fsp3) is 0.360. The normalized spacial score (nSPS) is 12.6. The first kappa shape index (κ1) is 29.1. The van der Waals surface area contributed by atoms with Gasteiger partial charge in [0.2, 0.25) is 11.8 Å². The van der Waals surface area contributed by atoms with E-state index < -0.39 is 30.4 Å². The van der Waals surface area contributed by atoms with Gasteiger partial charge in [-0.1, -0.05) is 82.1 Å². The van der Waals surface area contributed by atoms with Gasteiger partial charge < -0.3 is 15.7 Å². The van der Waals surface area contributed by atoms with Crippen LogP contribution in [0.5, 0.6) is 0 Å². The highest BCUT2D eigenvalue weighted by Crippen LogP contribution is 2.22. The van der Waals surface area contributed by atoms with Crippen molar-refractivity contribution in [3.05, 3.63) is 68.6 Å². The van der Waals surface area contributed by atoms with Crippen LogP contribution in [0.2, 0.25) is 0 Å². The molecule has 0 saturated heterocycles. The molecular weight excluding hydrogens is 600 g/mol. The highest BCUT2D eigenvalue weighted by molar-refractivity contribution is 9.11. The third kappa shape index (κ3) is 10.1. The molecule has 0 aliphatic heterocycles. The molecule has 0 radical (unpaired) electrons. The standard InChI is InChI=1S/C25H28Br2N2O5S/c1-15(2)24(29-22(31)10-17-8-9-18(26)11-19(17)27)25(34)28-20(12-23(32)33)21(30)14-35-13-16-6-4-3-5-7-16/h3-9,11,15,20,24H,10,12-14H2,1-2H3,(H,28,34)(H,29,31)(H,32,33)/t20-,24-/m0/s1. The largest absolute Gasteiger partial charge is 0.481 e. The molecule has 2 atom stereocenters. The first-order valence-corrected chi connectivity index (χ1v) is 13.7. The zero-order valence-corrected chi connectivity index (χ0v) is 23.4. The highest BCUT2D eigenvalue weighted by atomic mass is 79.9. The Kier molecular flexibility index (Phi) is 12.0. The van der Waals surface area contributed by atoms with Crippen molar-refractivity contribution < 1.29 is 24.3 Å². The van der Waals surface area contributed by atoms with E-state index in [1.165, 1.54) is 11.8 Å². The Bertz CT molecular complexity index is 1050. The van der Waals surface area contributed by atoms with Gasteiger partial charge in [0.15, 0.2) is 5.78 Å². The van der Waals surface area contributed by atoms with Gasteiger partial charge in [-0.15, -0.1) is 11.8 Å². The second kappa shape index (κ2) is 14.4. The molecule has 0 unspecified atom stereocenters. The highest BCUT2D eigenvalue weighted by Gasteiger charge is 2.30. The number of ketones is 1. The molecule has 3 N–H and O–H groups in total. The number of carbonyl (C=O) groups excluding carboxylic acids is 3. The number of carboxylic acids is 1. The minimum atomic E-state index is -1.19. The van der Waals surface area contributed by atoms with Gasteiger partial charge in [0.05, 0.1) is 24.6 Å². The van der Waals surface area contributed by atoms with Crippen LogP contribution >= 0.6 is 43.6 Å². The topological polar surface area (TPSA) is 113 Å². The fourth-order valence-electron chi connectivity index (χ4n) is 3.22. The summed E-state index contributed by atoms with van der Waals surface area (Å²) in [5.74, 6) is -2.14. The predicted molar refractivity (Wildman–Crippen MR) is 144 cm³/mol. The van der Waals surface area contributed by atoms with E-state index in [1.54, 1.807) is 19.9 Å². The molecule has 35 heavy (non-hydrogen) atoms. The van der Waals surface area contributed by atoms with Crippen molar-refractivity contribution in [2.45, 2.75) is 44.5 Å². The molecule has 2 amide bonds. The van der Waals surface area contributed by atoms with Gasteiger partial charge in [0.1, 0.15) is 6.04 Å². The van der Waals surface area contributed by atoms with Crippen molar-refractivity contribution in [2.75, 3.05) is 5.75 Å². The average molecular weight is 628 g/mol. The van der Waals surface area contributed by atoms with Crippen molar-refractivity contribution in [3.63, 3.8) is 0 Å². The lowest BCUT2D eigenvalue weighted by Crippen LogP contribution is -2.54. The van der Waals surface area contributed by atoms with E-state index in [-0.39, 0.29) is 29.8 Å². The number of benzene rings is 2. The lowest BCUT2D eigenvalue weighted by molar-refractivity contribution is -0.140. The smallest absolute Gasteiger partial charge is 0.305 e. The van der Waals surface area contributed by atoms with Crippen molar-refractivity contribution in [2.24, 2.45) is 5.92 Å². The summed E-state index contributed by atoms with van der Waals surface area (Å²) in [4.78, 5) is 49.7. The molecule has 2 aromatic carbocycles. The number of carbonyl (C=O) groups is 4. The molecule has 0 saturated carbocycles. The maximum Gasteiger partial charge on any atom is 0.305 e. The number of thioether (sulfide) groups is 1. The number of hydrogen-bond donors (Lipinski definition) is 3. The molecular formula is C25H28Br2N2O5S. The lowest BCUT2D eigenvalue weighted by Gasteiger charge is -2.24. The van der Waals surface area contributed by atoms with Crippen LogP contribution in [0.15, 0.2) is 57.5 Å². The molecule has 7 nitrogen and oxygen atoms in total. The summed E-state index contributed by atoms with van der Waals surface area (Å²) in [7, 11) is 0. The van der Waals surface area contributed by atoms with E-state index in [0.717, 1.165) is 20.1 Å². The van der Waals surface area contributed by atoms with Crippen LogP contribution in [0.1, 0.15) is 31.4 Å². The van der Waals surface area contributed by atoms with Crippen LogP contribution in [0.3, 0.4) is 0 Å². The zero-order chi connectivity index (χ0) is 26.0. The third-order valence-corrected chi connectivity index (χ3v) is 7.33. The summed E-state index contributed by atoms with van der Waals surface area (Å²) in [5, 5.41) is 14.5. The summed E-state index contributed by atoms with van der Waals surface area (Å²) < 4.78 is 1.62. The number of Topliss-reactive ketones (excluding diaryl/α,β-unsaturated/α-hetero) is 1. The number of aliphatic carboxylic acids is 1. The molecule has 0 aromatic heterocycles. The van der Waals surface area contributed by atoms with E-state index in [9.17, 15) is 24.3 Å². The number of hydrogen-bond acceptors (Lipinski definition) is 5. The van der Waals surface area contributed by atoms with Crippen molar-refractivity contribution >= 4 is 67.2 Å². The first-order chi connectivity index (χ1) is 16.6. The monoisotopic (exact) mass is 626 g/mol. The third-order valence-electron chi connectivity index (χ3n) is 5.07. The van der Waals surface area contributed by atoms with Crippen LogP contribution in [-0.2, 0) is 31.4 Å². The minimum Gasteiger partial charge on any atom is -0.481 e. The quantitative estimate of drug-likeness (QED) is 0.304. The summed E-state index contributed by atoms with van der Waals surface area (Å²) in [6, 6.07) is 12.9. The van der Waals surface area contributed by atoms with Crippen LogP contribution in [-0.4, -0.2) is 46.5 Å². The summed E-state index contributed by atoms with van der Waals surface area (Å²) >= 11 is 8.14. The lowest BCUT2D eigenvalue weighted by atomic mass is 10.0. The van der Waals surface area contributed by atoms with Crippen molar-refractivity contribution in [3.8, 4) is 0 Å². The Morgan fingerprint density at radius 2 is 1.69 bits per heavy atom. The van der Waals surface area contributed by atoms with E-state index >= 15 is 0 Å². The molecule has 0 bridgehead atoms. The molecule has 0 fully saturated rings. The molecule has 0 aliphatic rings. The summed E-state index contributed by atoms with van der Waals surface area (Å²) in [6.45, 7) is 3.54. The van der Waals surface area contributed by atoms with Gasteiger partial charge in [-0.2, -0.15) is 0 Å². The molecule has 0 aliphatic carbocycles. The van der Waals surface area contributed by atoms with Crippen molar-refractivity contribution in [1.82, 2.24) is 10.6 Å². The Morgan fingerprint density at radius 1 is 1.00 bits per heavy atom. The SMILES string of the molecule is CC(C)[C@H](NC(=O)Cc1ccc(Br)cc1Br)C(=O)N[C@@H](CC(=O)O)C(=O)CSCc1ccccc1. The van der Waals surface area contributed by atoms with Gasteiger partial charge in [-0.05, 0) is 29.2 Å². The Balaban J connectivity index is 2.00. The number of nitrogens with one attached hydrogen (secondary N) is 2. The second-order valence-corrected chi connectivity index (χ2v) is 11.1. The van der Waals surface area contributed by atoms with Gasteiger partial charge in [-0.25, -0.2) is 0 Å². The van der Waals surface area contributed by atoms with Gasteiger partial charge >= 0.3 is 5.97 Å². The first-order valence-electron chi connectivity index (χ1n) is 11.0. The van der Waals surface area contributed by atoms with Gasteiger partial charge in [0, 0.05) is 14.7 Å². The number of carboxylic acid groups (broad SMARTS) is 1. The van der Waals surface area contributed by atoms with Gasteiger partial charge in [-0.3, -0.25) is 19.2 Å². The van der Waals surface area contributed by atoms with Crippen LogP contribution in [0, 0.1) is 5.92 Å². The molecule has 2 aromatic rings. The average Bonchev–Trinajstić information content (AvgIpc) is 2.79. The van der Waals surface area contributed by atoms with Crippen LogP contribution in [0.4, 0.5) is 0 Å². The Morgan fingerprint density at radius 3 is 2.29 bits per heavy atom. The minimum absolute atomic E-state index is 0.0535. The number of rotatable bonds is 13. The summed E-state index contributed by atoms with van der Waals surface area (Å²) in [6.07, 6.45) is -0.473. The van der Waals surface area contributed by atoms with E-state index in [0.29, 0.717) is 5.75 Å². The second-order valence-electron chi connectivity index (χ2n) is 8.31. The summed E-state index contributed by atoms with van der Waals surface area (Å²) in [5.41, 5.74) is 1.80. The van der Waals surface area contributed by atoms with E-state index in [4.69, 9.17) is 0 Å². The van der Waals surface area contributed by atoms with Crippen LogP contribution in [0.25, 0.3) is 0 Å². The number of halogens is 2. The van der Waals surface area contributed by atoms with E-state index in [2.05, 4.69) is 42.5 Å². The molecule has 0 spiro atoms. The molecule has 188 valence electrons. The molecule has 0 heterocycles. The Hall–Kier alpha value is -2.17. The predicted octanol–water partition coefficient (Wildman–Crippen LogP) is 4.36. The molecule has 10 heteroatoms. The number of amides is 2. The maximum atomic E-state index is 13.0. The fourth-order valence-corrected chi connectivity index (χ4v) is 5.34. The zero-order valence-electron chi connectivity index (χ0n) is 19.4. The van der Waals surface area contributed by atoms with Crippen LogP contribution < -0.4 is 10.6 Å². The van der Waals surface area contributed by atoms with E-state index in [1.807, 2.05) is 42.5 Å². The maximum absolute atomic E-state index is 13.0. The van der Waals surface area contributed by atoms with Crippen molar-refractivity contribution in [1.29, 1.82) is 0 Å². The molecule has 2 rings (SSSR count). The van der Waals surface area contributed by atoms with Gasteiger partial charge in [0.25, 0.3) is 0 Å².